The van der Waals surface area contributed by atoms with Crippen molar-refractivity contribution in [3.05, 3.63) is 0 Å². The molecule has 0 bridgehead atoms. The Labute approximate surface area is 60.7 Å². The average Bonchev–Trinajstić information content (AvgIpc) is 1.59. The molecule has 0 aromatic rings. The van der Waals surface area contributed by atoms with Crippen LogP contribution in [0.3, 0.4) is 0 Å². The molecule has 0 rings (SSSR count). The minimum atomic E-state index is -4.54. The number of carboxylic acid groups (broad SMARTS) is 1. The molecule has 0 amide bonds. The van der Waals surface area contributed by atoms with Crippen molar-refractivity contribution in [2.24, 2.45) is 0 Å². The molecule has 5 nitrogen and oxygen atoms in total. The van der Waals surface area contributed by atoms with Gasteiger partial charge in [-0.2, -0.15) is 0 Å². The zero-order chi connectivity index (χ0) is 8.20. The zero-order valence-electron chi connectivity index (χ0n) is 5.23. The van der Waals surface area contributed by atoms with E-state index in [2.05, 4.69) is 0 Å². The summed E-state index contributed by atoms with van der Waals surface area (Å²) in [4.78, 5) is 9.84. The van der Waals surface area contributed by atoms with Gasteiger partial charge in [0.05, 0.1) is 0 Å². The van der Waals surface area contributed by atoms with Gasteiger partial charge in [-0.3, -0.25) is 0 Å². The van der Waals surface area contributed by atoms with Gasteiger partial charge in [-0.05, 0) is 0 Å². The monoisotopic (exact) mass is 212 g/mol. The van der Waals surface area contributed by atoms with Crippen molar-refractivity contribution in [2.45, 2.75) is 18.1 Å². The van der Waals surface area contributed by atoms with Crippen LogP contribution in [0.5, 0.6) is 0 Å². The molecule has 0 aliphatic rings. The summed E-state index contributed by atoms with van der Waals surface area (Å²) in [6, 6.07) is 0. The summed E-state index contributed by atoms with van der Waals surface area (Å²) in [7, 11) is 0. The van der Waals surface area contributed by atoms with Crippen LogP contribution in [0.2, 0.25) is 5.21 Å². The Bertz CT molecular complexity index is 159. The topological polar surface area (TPSA) is 94.8 Å². The van der Waals surface area contributed by atoms with Crippen LogP contribution in [0.1, 0.15) is 12.8 Å². The Kier molecular flexibility index (Phi) is 3.71. The standard InChI is InChI=1S/C4H9AsO5/c6-4(7)2-1-3-5(8,9)10/h1-3H2,(H,6,7)(H2,8,9,10). The number of carboxylic acids is 1. The molecule has 6 heteroatoms. The zero-order valence-corrected chi connectivity index (χ0v) is 7.10. The van der Waals surface area contributed by atoms with Gasteiger partial charge in [-0.1, -0.05) is 0 Å². The van der Waals surface area contributed by atoms with E-state index in [1.54, 1.807) is 0 Å². The predicted octanol–water partition coefficient (Wildman–Crippen LogP) is -0.795. The second-order valence-electron chi connectivity index (χ2n) is 1.89. The Hall–Kier alpha value is -0.252. The number of carbonyl (C=O) groups is 1. The first kappa shape index (κ1) is 9.75. The maximum atomic E-state index is 10.2. The number of aliphatic carboxylic acids is 1. The first-order chi connectivity index (χ1) is 4.42. The van der Waals surface area contributed by atoms with Crippen molar-refractivity contribution in [3.63, 3.8) is 0 Å². The van der Waals surface area contributed by atoms with E-state index < -0.39 is 20.1 Å². The van der Waals surface area contributed by atoms with E-state index in [0.29, 0.717) is 0 Å². The molecule has 0 fully saturated rings. The summed E-state index contributed by atoms with van der Waals surface area (Å²) in [5.74, 6) is -1.02. The molecule has 0 radical (unpaired) electrons. The molecular weight excluding hydrogens is 203 g/mol. The first-order valence-corrected chi connectivity index (χ1v) is 6.45. The average molecular weight is 212 g/mol. The molecule has 3 N–H and O–H groups in total. The molecule has 0 atom stereocenters. The first-order valence-electron chi connectivity index (χ1n) is 2.68. The van der Waals surface area contributed by atoms with Crippen molar-refractivity contribution < 1.29 is 21.8 Å². The van der Waals surface area contributed by atoms with Crippen molar-refractivity contribution in [1.29, 1.82) is 0 Å². The molecule has 10 heavy (non-hydrogen) atoms. The predicted molar refractivity (Wildman–Crippen MR) is 32.6 cm³/mol. The SMILES string of the molecule is O=C(O)CCC[As](=O)(O)O. The van der Waals surface area contributed by atoms with Crippen LogP contribution in [0.15, 0.2) is 0 Å². The van der Waals surface area contributed by atoms with Crippen molar-refractivity contribution in [3.8, 4) is 0 Å². The third kappa shape index (κ3) is 7.75. The van der Waals surface area contributed by atoms with E-state index >= 15 is 0 Å². The van der Waals surface area contributed by atoms with Crippen LogP contribution in [-0.4, -0.2) is 33.4 Å². The second-order valence-corrected chi connectivity index (χ2v) is 5.61. The second kappa shape index (κ2) is 3.81. The van der Waals surface area contributed by atoms with E-state index in [-0.39, 0.29) is 18.1 Å². The summed E-state index contributed by atoms with van der Waals surface area (Å²) < 4.78 is 26.8. The summed E-state index contributed by atoms with van der Waals surface area (Å²) in [6.07, 6.45) is -0.120. The molecular formula is C4H9AsO5. The number of hydrogen-bond donors (Lipinski definition) is 3. The third-order valence-electron chi connectivity index (χ3n) is 0.840. The van der Waals surface area contributed by atoms with E-state index in [1.807, 2.05) is 0 Å². The van der Waals surface area contributed by atoms with E-state index in [4.69, 9.17) is 13.3 Å². The number of hydrogen-bond acceptors (Lipinski definition) is 2. The van der Waals surface area contributed by atoms with E-state index in [9.17, 15) is 8.53 Å². The Morgan fingerprint density at radius 1 is 1.40 bits per heavy atom. The van der Waals surface area contributed by atoms with Gasteiger partial charge in [0.2, 0.25) is 0 Å². The fraction of sp³-hybridized carbons (Fsp3) is 0.750. The van der Waals surface area contributed by atoms with Gasteiger partial charge < -0.3 is 0 Å². The van der Waals surface area contributed by atoms with Gasteiger partial charge in [0.15, 0.2) is 0 Å². The van der Waals surface area contributed by atoms with Gasteiger partial charge in [0.25, 0.3) is 0 Å². The molecule has 0 aliphatic heterocycles. The van der Waals surface area contributed by atoms with Crippen LogP contribution < -0.4 is 0 Å². The summed E-state index contributed by atoms with van der Waals surface area (Å²) in [6.45, 7) is 0. The van der Waals surface area contributed by atoms with Gasteiger partial charge in [-0.15, -0.1) is 0 Å². The molecule has 0 saturated carbocycles. The van der Waals surface area contributed by atoms with Crippen LogP contribution in [0.4, 0.5) is 0 Å². The minimum absolute atomic E-state index is 0.0544. The Morgan fingerprint density at radius 2 is 1.90 bits per heavy atom. The normalized spacial score (nSPS) is 11.4. The Morgan fingerprint density at radius 3 is 2.20 bits per heavy atom. The quantitative estimate of drug-likeness (QED) is 0.530. The van der Waals surface area contributed by atoms with Crippen LogP contribution in [-0.2, 0) is 8.53 Å². The molecule has 0 spiro atoms. The molecule has 60 valence electrons. The van der Waals surface area contributed by atoms with Crippen molar-refractivity contribution in [1.82, 2.24) is 0 Å². The van der Waals surface area contributed by atoms with Crippen LogP contribution in [0.25, 0.3) is 0 Å². The van der Waals surface area contributed by atoms with Gasteiger partial charge in [0.1, 0.15) is 0 Å². The summed E-state index contributed by atoms with van der Waals surface area (Å²) >= 11 is -4.54. The molecule has 0 aromatic heterocycles. The fourth-order valence-corrected chi connectivity index (χ4v) is 1.63. The van der Waals surface area contributed by atoms with E-state index in [1.165, 1.54) is 0 Å². The van der Waals surface area contributed by atoms with Gasteiger partial charge in [0, 0.05) is 0 Å². The number of rotatable bonds is 4. The molecule has 0 unspecified atom stereocenters. The van der Waals surface area contributed by atoms with Gasteiger partial charge >= 0.3 is 60.0 Å². The molecule has 0 aromatic carbocycles. The van der Waals surface area contributed by atoms with Crippen LogP contribution in [0, 0.1) is 0 Å². The fourth-order valence-electron chi connectivity index (χ4n) is 0.436. The molecule has 0 heterocycles. The van der Waals surface area contributed by atoms with Gasteiger partial charge in [-0.25, -0.2) is 0 Å². The molecule has 0 aliphatic carbocycles. The Balaban J connectivity index is 3.39. The summed E-state index contributed by atoms with van der Waals surface area (Å²) in [5.41, 5.74) is 0. The van der Waals surface area contributed by atoms with Crippen LogP contribution >= 0.6 is 0 Å². The maximum absolute atomic E-state index is 10.2. The molecule has 0 saturated heterocycles. The van der Waals surface area contributed by atoms with E-state index in [0.717, 1.165) is 0 Å². The summed E-state index contributed by atoms with van der Waals surface area (Å²) in [5, 5.41) is 7.78. The third-order valence-corrected chi connectivity index (χ3v) is 2.73. The van der Waals surface area contributed by atoms with Crippen molar-refractivity contribution in [2.75, 3.05) is 0 Å². The van der Waals surface area contributed by atoms with Crippen molar-refractivity contribution >= 4 is 20.1 Å².